The van der Waals surface area contributed by atoms with E-state index in [1.165, 1.54) is 44.9 Å². The predicted octanol–water partition coefficient (Wildman–Crippen LogP) is 17.5. The molecule has 1 unspecified atom stereocenters. The molecule has 0 aromatic rings. The third-order valence-corrected chi connectivity index (χ3v) is 10.6. The highest BCUT2D eigenvalue weighted by atomic mass is 16.6. The third kappa shape index (κ3) is 50.5. The van der Waals surface area contributed by atoms with Crippen molar-refractivity contribution in [2.75, 3.05) is 13.2 Å². The van der Waals surface area contributed by atoms with Crippen molar-refractivity contribution in [3.63, 3.8) is 0 Å². The summed E-state index contributed by atoms with van der Waals surface area (Å²) in [7, 11) is 0. The fourth-order valence-corrected chi connectivity index (χ4v) is 6.65. The standard InChI is InChI=1S/C60H94O6/c1-4-7-10-13-16-19-22-25-28-29-30-33-35-38-41-44-47-50-53-59(62)65-56-57(66-60(63)54-51-48-45-42-39-36-32-27-24-21-18-15-12-9-6-3)55-64-58(61)52-49-46-43-40-37-34-31-26-23-20-17-14-11-8-5-2/h9-10,12-13,15-30,32-33,57H,4-8,11,14,31,34-56H2,1-3H3/b12-9-,13-10-,18-15-,19-16-,20-17-,24-21-,25-22-,26-23-,29-28-,32-27-,33-30-. The van der Waals surface area contributed by atoms with E-state index in [-0.39, 0.29) is 37.5 Å². The molecule has 0 heterocycles. The molecule has 0 aromatic carbocycles. The van der Waals surface area contributed by atoms with E-state index < -0.39 is 6.10 Å². The number of hydrogen-bond donors (Lipinski definition) is 0. The summed E-state index contributed by atoms with van der Waals surface area (Å²) < 4.78 is 16.8. The van der Waals surface area contributed by atoms with Crippen molar-refractivity contribution < 1.29 is 28.6 Å². The summed E-state index contributed by atoms with van der Waals surface area (Å²) in [5.74, 6) is -0.976. The smallest absolute Gasteiger partial charge is 0.306 e. The van der Waals surface area contributed by atoms with Crippen molar-refractivity contribution in [1.82, 2.24) is 0 Å². The lowest BCUT2D eigenvalue weighted by Crippen LogP contribution is -2.30. The molecule has 0 N–H and O–H groups in total. The first-order chi connectivity index (χ1) is 32.5. The monoisotopic (exact) mass is 911 g/mol. The van der Waals surface area contributed by atoms with Gasteiger partial charge in [0.2, 0.25) is 0 Å². The second-order valence-electron chi connectivity index (χ2n) is 16.9. The highest BCUT2D eigenvalue weighted by Crippen LogP contribution is 2.13. The molecular formula is C60H94O6. The van der Waals surface area contributed by atoms with E-state index >= 15 is 0 Å². The lowest BCUT2D eigenvalue weighted by molar-refractivity contribution is -0.167. The van der Waals surface area contributed by atoms with Crippen molar-refractivity contribution in [3.8, 4) is 0 Å². The van der Waals surface area contributed by atoms with E-state index in [2.05, 4.69) is 93.7 Å². The van der Waals surface area contributed by atoms with Crippen molar-refractivity contribution in [1.29, 1.82) is 0 Å². The molecule has 0 spiro atoms. The molecule has 0 amide bonds. The third-order valence-electron chi connectivity index (χ3n) is 10.6. The molecule has 370 valence electrons. The first kappa shape index (κ1) is 61.5. The van der Waals surface area contributed by atoms with Gasteiger partial charge in [0.05, 0.1) is 0 Å². The molecular weight excluding hydrogens is 817 g/mol. The summed E-state index contributed by atoms with van der Waals surface area (Å²) in [5.41, 5.74) is 0. The molecule has 0 fully saturated rings. The summed E-state index contributed by atoms with van der Waals surface area (Å²) in [6.07, 6.45) is 74.2. The molecule has 0 aromatic heterocycles. The quantitative estimate of drug-likeness (QED) is 0.0262. The summed E-state index contributed by atoms with van der Waals surface area (Å²) in [6.45, 7) is 6.31. The second-order valence-corrected chi connectivity index (χ2v) is 16.9. The molecule has 6 nitrogen and oxygen atoms in total. The molecule has 0 aliphatic rings. The fourth-order valence-electron chi connectivity index (χ4n) is 6.65. The molecule has 0 aliphatic carbocycles. The summed E-state index contributed by atoms with van der Waals surface area (Å²) in [4.78, 5) is 38.1. The van der Waals surface area contributed by atoms with Crippen LogP contribution in [0, 0.1) is 0 Å². The van der Waals surface area contributed by atoms with Crippen molar-refractivity contribution >= 4 is 17.9 Å². The Labute approximate surface area is 405 Å². The Morgan fingerprint density at radius 2 is 0.621 bits per heavy atom. The van der Waals surface area contributed by atoms with Crippen LogP contribution in [-0.4, -0.2) is 37.2 Å². The Morgan fingerprint density at radius 3 is 1.00 bits per heavy atom. The van der Waals surface area contributed by atoms with Crippen LogP contribution in [0.5, 0.6) is 0 Å². The number of allylic oxidation sites excluding steroid dienone is 22. The minimum atomic E-state index is -0.811. The van der Waals surface area contributed by atoms with E-state index in [0.29, 0.717) is 12.8 Å². The summed E-state index contributed by atoms with van der Waals surface area (Å²) in [5, 5.41) is 0. The zero-order valence-electron chi connectivity index (χ0n) is 42.1. The zero-order valence-corrected chi connectivity index (χ0v) is 42.1. The molecule has 0 rings (SSSR count). The average Bonchev–Trinajstić information content (AvgIpc) is 3.31. The number of hydrogen-bond acceptors (Lipinski definition) is 6. The van der Waals surface area contributed by atoms with Gasteiger partial charge < -0.3 is 14.2 Å². The molecule has 0 aliphatic heterocycles. The van der Waals surface area contributed by atoms with Gasteiger partial charge in [-0.1, -0.05) is 238 Å². The van der Waals surface area contributed by atoms with Gasteiger partial charge in [-0.05, 0) is 83.5 Å². The normalized spacial score (nSPS) is 13.2. The van der Waals surface area contributed by atoms with Gasteiger partial charge in [0, 0.05) is 19.3 Å². The Kier molecular flexibility index (Phi) is 49.6. The van der Waals surface area contributed by atoms with Crippen LogP contribution in [0.25, 0.3) is 0 Å². The van der Waals surface area contributed by atoms with E-state index in [4.69, 9.17) is 14.2 Å². The van der Waals surface area contributed by atoms with Crippen LogP contribution in [0.2, 0.25) is 0 Å². The lowest BCUT2D eigenvalue weighted by atomic mass is 10.1. The number of rotatable bonds is 45. The topological polar surface area (TPSA) is 78.9 Å². The Balaban J connectivity index is 4.54. The van der Waals surface area contributed by atoms with Gasteiger partial charge in [0.25, 0.3) is 0 Å². The number of carbonyl (C=O) groups is 3. The van der Waals surface area contributed by atoms with Gasteiger partial charge >= 0.3 is 17.9 Å². The van der Waals surface area contributed by atoms with Crippen LogP contribution < -0.4 is 0 Å². The maximum atomic E-state index is 12.8. The van der Waals surface area contributed by atoms with Gasteiger partial charge in [-0.3, -0.25) is 14.4 Å². The molecule has 66 heavy (non-hydrogen) atoms. The number of ether oxygens (including phenoxy) is 3. The summed E-state index contributed by atoms with van der Waals surface area (Å²) in [6, 6.07) is 0. The summed E-state index contributed by atoms with van der Waals surface area (Å²) >= 11 is 0. The Hall–Kier alpha value is -4.45. The first-order valence-electron chi connectivity index (χ1n) is 26.3. The molecule has 0 radical (unpaired) electrons. The van der Waals surface area contributed by atoms with Gasteiger partial charge in [-0.25, -0.2) is 0 Å². The molecule has 1 atom stereocenters. The number of carbonyl (C=O) groups excluding carboxylic acids is 3. The number of esters is 3. The minimum Gasteiger partial charge on any atom is -0.462 e. The Morgan fingerprint density at radius 1 is 0.318 bits per heavy atom. The van der Waals surface area contributed by atoms with Crippen LogP contribution in [0.15, 0.2) is 134 Å². The van der Waals surface area contributed by atoms with Gasteiger partial charge in [-0.2, -0.15) is 0 Å². The predicted molar refractivity (Wildman–Crippen MR) is 283 cm³/mol. The SMILES string of the molecule is CC\C=C/C=C\C=C/C=C\CCCCCCCC(=O)OC(COC(=O)CCCCCCC\C=C/C=C\C=C/C=C\C=C/CCC)COC(=O)CCCCCCCC/C=C\C=C/CCCCC. The lowest BCUT2D eigenvalue weighted by Gasteiger charge is -2.18. The highest BCUT2D eigenvalue weighted by molar-refractivity contribution is 5.71. The average molecular weight is 911 g/mol. The largest absolute Gasteiger partial charge is 0.462 e. The first-order valence-corrected chi connectivity index (χ1v) is 26.3. The van der Waals surface area contributed by atoms with Crippen LogP contribution in [0.3, 0.4) is 0 Å². The molecule has 6 heteroatoms. The van der Waals surface area contributed by atoms with E-state index in [1.54, 1.807) is 0 Å². The van der Waals surface area contributed by atoms with Crippen LogP contribution in [0.1, 0.15) is 207 Å². The second kappa shape index (κ2) is 53.2. The van der Waals surface area contributed by atoms with Gasteiger partial charge in [0.15, 0.2) is 6.10 Å². The van der Waals surface area contributed by atoms with Crippen LogP contribution >= 0.6 is 0 Å². The Bertz CT molecular complexity index is 1460. The van der Waals surface area contributed by atoms with E-state index in [9.17, 15) is 14.4 Å². The number of unbranched alkanes of at least 4 members (excludes halogenated alkanes) is 20. The van der Waals surface area contributed by atoms with Crippen molar-refractivity contribution in [3.05, 3.63) is 134 Å². The van der Waals surface area contributed by atoms with E-state index in [1.807, 2.05) is 60.8 Å². The van der Waals surface area contributed by atoms with Gasteiger partial charge in [-0.15, -0.1) is 0 Å². The molecule has 0 bridgehead atoms. The fraction of sp³-hybridized carbons (Fsp3) is 0.583. The molecule has 0 saturated heterocycles. The minimum absolute atomic E-state index is 0.108. The highest BCUT2D eigenvalue weighted by Gasteiger charge is 2.19. The van der Waals surface area contributed by atoms with E-state index in [0.717, 1.165) is 122 Å². The van der Waals surface area contributed by atoms with Crippen LogP contribution in [-0.2, 0) is 28.6 Å². The van der Waals surface area contributed by atoms with Crippen molar-refractivity contribution in [2.24, 2.45) is 0 Å². The van der Waals surface area contributed by atoms with Crippen molar-refractivity contribution in [2.45, 2.75) is 213 Å². The zero-order chi connectivity index (χ0) is 47.9. The van der Waals surface area contributed by atoms with Gasteiger partial charge in [0.1, 0.15) is 13.2 Å². The van der Waals surface area contributed by atoms with Crippen LogP contribution in [0.4, 0.5) is 0 Å². The molecule has 0 saturated carbocycles. The maximum absolute atomic E-state index is 12.8. The maximum Gasteiger partial charge on any atom is 0.306 e.